The maximum absolute atomic E-state index is 5.95. The first-order valence-electron chi connectivity index (χ1n) is 8.04. The second-order valence-electron chi connectivity index (χ2n) is 6.28. The minimum absolute atomic E-state index is 0.236. The predicted octanol–water partition coefficient (Wildman–Crippen LogP) is 3.34. The molecule has 3 heteroatoms. The Hall–Kier alpha value is -1.06. The summed E-state index contributed by atoms with van der Waals surface area (Å²) in [6.45, 7) is 3.13. The van der Waals surface area contributed by atoms with Crippen LogP contribution in [-0.4, -0.2) is 6.61 Å². The number of hydrogen-bond acceptors (Lipinski definition) is 3. The van der Waals surface area contributed by atoms with Crippen LogP contribution in [0.2, 0.25) is 0 Å². The van der Waals surface area contributed by atoms with E-state index in [-0.39, 0.29) is 6.04 Å². The second kappa shape index (κ2) is 6.15. The topological polar surface area (TPSA) is 47.3 Å². The third kappa shape index (κ3) is 2.57. The zero-order valence-corrected chi connectivity index (χ0v) is 12.4. The number of ether oxygens (including phenoxy) is 1. The molecule has 1 aliphatic carbocycles. The summed E-state index contributed by atoms with van der Waals surface area (Å²) in [5.41, 5.74) is 5.69. The maximum atomic E-state index is 5.95. The monoisotopic (exact) mass is 274 g/mol. The van der Waals surface area contributed by atoms with Gasteiger partial charge in [-0.25, -0.2) is 0 Å². The van der Waals surface area contributed by atoms with Gasteiger partial charge >= 0.3 is 0 Å². The van der Waals surface area contributed by atoms with Crippen molar-refractivity contribution in [1.29, 1.82) is 0 Å². The Labute approximate surface area is 121 Å². The van der Waals surface area contributed by atoms with Crippen LogP contribution in [0.4, 0.5) is 0 Å². The van der Waals surface area contributed by atoms with Gasteiger partial charge in [0.05, 0.1) is 12.6 Å². The fourth-order valence-electron chi connectivity index (χ4n) is 3.93. The average molecular weight is 274 g/mol. The summed E-state index contributed by atoms with van der Waals surface area (Å²) in [5, 5.41) is 0. The quantitative estimate of drug-likeness (QED) is 0.654. The van der Waals surface area contributed by atoms with Crippen LogP contribution in [0.25, 0.3) is 0 Å². The van der Waals surface area contributed by atoms with Crippen LogP contribution < -0.4 is 16.0 Å². The van der Waals surface area contributed by atoms with Crippen LogP contribution in [0.15, 0.2) is 18.2 Å². The largest absolute Gasteiger partial charge is 0.493 e. The van der Waals surface area contributed by atoms with Crippen molar-refractivity contribution in [2.75, 3.05) is 6.61 Å². The second-order valence-corrected chi connectivity index (χ2v) is 6.28. The molecule has 3 nitrogen and oxygen atoms in total. The summed E-state index contributed by atoms with van der Waals surface area (Å²) in [7, 11) is 0. The molecule has 0 radical (unpaired) electrons. The molecule has 2 aliphatic rings. The Morgan fingerprint density at radius 1 is 1.40 bits per heavy atom. The number of nitrogens with two attached hydrogens (primary N) is 1. The molecular formula is C17H26N2O. The molecular weight excluding hydrogens is 248 g/mol. The van der Waals surface area contributed by atoms with Crippen LogP contribution in [0.3, 0.4) is 0 Å². The van der Waals surface area contributed by atoms with E-state index in [2.05, 4.69) is 30.5 Å². The molecule has 0 spiro atoms. The molecule has 1 aromatic rings. The van der Waals surface area contributed by atoms with E-state index in [0.29, 0.717) is 5.92 Å². The lowest BCUT2D eigenvalue weighted by atomic mass is 9.88. The molecule has 1 saturated carbocycles. The van der Waals surface area contributed by atoms with Crippen LogP contribution >= 0.6 is 0 Å². The van der Waals surface area contributed by atoms with Gasteiger partial charge in [-0.2, -0.15) is 0 Å². The molecule has 3 unspecified atom stereocenters. The van der Waals surface area contributed by atoms with Gasteiger partial charge in [0.15, 0.2) is 0 Å². The molecule has 1 fully saturated rings. The Morgan fingerprint density at radius 3 is 3.05 bits per heavy atom. The van der Waals surface area contributed by atoms with E-state index in [1.54, 1.807) is 0 Å². The van der Waals surface area contributed by atoms with Gasteiger partial charge in [0, 0.05) is 5.56 Å². The van der Waals surface area contributed by atoms with E-state index in [1.165, 1.54) is 36.8 Å². The van der Waals surface area contributed by atoms with Gasteiger partial charge in [0.25, 0.3) is 0 Å². The molecule has 3 atom stereocenters. The van der Waals surface area contributed by atoms with Gasteiger partial charge < -0.3 is 4.74 Å². The van der Waals surface area contributed by atoms with Crippen LogP contribution in [0, 0.1) is 11.8 Å². The van der Waals surface area contributed by atoms with E-state index in [4.69, 9.17) is 10.6 Å². The number of fused-ring (bicyclic) bond motifs is 1. The lowest BCUT2D eigenvalue weighted by Crippen LogP contribution is -2.33. The normalized spacial score (nSPS) is 26.9. The molecule has 3 rings (SSSR count). The fraction of sp³-hybridized carbons (Fsp3) is 0.647. The molecule has 0 saturated heterocycles. The highest BCUT2D eigenvalue weighted by molar-refractivity contribution is 5.44. The number of aryl methyl sites for hydroxylation is 1. The lowest BCUT2D eigenvalue weighted by Gasteiger charge is -2.28. The smallest absolute Gasteiger partial charge is 0.127 e. The zero-order valence-electron chi connectivity index (χ0n) is 12.4. The SMILES string of the molecule is CCC1CCC(C(NN)c2cccc3c2OCCC3)C1. The van der Waals surface area contributed by atoms with Crippen molar-refractivity contribution in [2.24, 2.45) is 17.7 Å². The summed E-state index contributed by atoms with van der Waals surface area (Å²) in [6, 6.07) is 6.77. The number of para-hydroxylation sites is 1. The van der Waals surface area contributed by atoms with Gasteiger partial charge in [-0.15, -0.1) is 0 Å². The molecule has 20 heavy (non-hydrogen) atoms. The first-order valence-corrected chi connectivity index (χ1v) is 8.04. The van der Waals surface area contributed by atoms with E-state index < -0.39 is 0 Å². The van der Waals surface area contributed by atoms with Gasteiger partial charge in [-0.1, -0.05) is 38.0 Å². The summed E-state index contributed by atoms with van der Waals surface area (Å²) in [6.07, 6.45) is 7.44. The van der Waals surface area contributed by atoms with Gasteiger partial charge in [-0.3, -0.25) is 11.3 Å². The van der Waals surface area contributed by atoms with Crippen molar-refractivity contribution in [1.82, 2.24) is 5.43 Å². The number of hydrazine groups is 1. The highest BCUT2D eigenvalue weighted by Gasteiger charge is 2.32. The summed E-state index contributed by atoms with van der Waals surface area (Å²) in [5.74, 6) is 8.51. The molecule has 0 aromatic heterocycles. The third-order valence-electron chi connectivity index (χ3n) is 5.11. The van der Waals surface area contributed by atoms with Gasteiger partial charge in [0.1, 0.15) is 5.75 Å². The number of rotatable bonds is 4. The summed E-state index contributed by atoms with van der Waals surface area (Å²) < 4.78 is 5.95. The summed E-state index contributed by atoms with van der Waals surface area (Å²) >= 11 is 0. The third-order valence-corrected chi connectivity index (χ3v) is 5.11. The predicted molar refractivity (Wildman–Crippen MR) is 81.4 cm³/mol. The van der Waals surface area contributed by atoms with E-state index >= 15 is 0 Å². The summed E-state index contributed by atoms with van der Waals surface area (Å²) in [4.78, 5) is 0. The number of hydrogen-bond donors (Lipinski definition) is 2. The van der Waals surface area contributed by atoms with Crippen molar-refractivity contribution in [3.63, 3.8) is 0 Å². The Balaban J connectivity index is 1.86. The van der Waals surface area contributed by atoms with Gasteiger partial charge in [-0.05, 0) is 43.1 Å². The molecule has 1 aliphatic heterocycles. The first kappa shape index (κ1) is 13.9. The lowest BCUT2D eigenvalue weighted by molar-refractivity contribution is 0.272. The van der Waals surface area contributed by atoms with E-state index in [9.17, 15) is 0 Å². The van der Waals surface area contributed by atoms with Crippen molar-refractivity contribution in [3.8, 4) is 5.75 Å². The highest BCUT2D eigenvalue weighted by Crippen LogP contribution is 2.43. The van der Waals surface area contributed by atoms with Crippen molar-refractivity contribution in [2.45, 2.75) is 51.5 Å². The molecule has 110 valence electrons. The van der Waals surface area contributed by atoms with Crippen LogP contribution in [-0.2, 0) is 6.42 Å². The molecule has 0 amide bonds. The van der Waals surface area contributed by atoms with Crippen LogP contribution in [0.1, 0.15) is 56.2 Å². The Morgan fingerprint density at radius 2 is 2.30 bits per heavy atom. The van der Waals surface area contributed by atoms with E-state index in [1.807, 2.05) is 0 Å². The Bertz CT molecular complexity index is 460. The standard InChI is InChI=1S/C17H26N2O/c1-2-12-8-9-14(11-12)16(19-18)15-7-3-5-13-6-4-10-20-17(13)15/h3,5,7,12,14,16,19H,2,4,6,8-11,18H2,1H3. The van der Waals surface area contributed by atoms with Crippen molar-refractivity contribution < 1.29 is 4.74 Å². The van der Waals surface area contributed by atoms with Crippen LogP contribution in [0.5, 0.6) is 5.75 Å². The zero-order chi connectivity index (χ0) is 13.9. The molecule has 0 bridgehead atoms. The van der Waals surface area contributed by atoms with E-state index in [0.717, 1.165) is 31.1 Å². The Kier molecular flexibility index (Phi) is 4.27. The average Bonchev–Trinajstić information content (AvgIpc) is 2.97. The minimum Gasteiger partial charge on any atom is -0.493 e. The minimum atomic E-state index is 0.236. The van der Waals surface area contributed by atoms with Gasteiger partial charge in [0.2, 0.25) is 0 Å². The fourth-order valence-corrected chi connectivity index (χ4v) is 3.93. The van der Waals surface area contributed by atoms with Crippen molar-refractivity contribution in [3.05, 3.63) is 29.3 Å². The molecule has 1 heterocycles. The molecule has 3 N–H and O–H groups in total. The highest BCUT2D eigenvalue weighted by atomic mass is 16.5. The molecule has 1 aromatic carbocycles. The number of nitrogens with one attached hydrogen (secondary N) is 1. The number of benzene rings is 1. The van der Waals surface area contributed by atoms with Crippen molar-refractivity contribution >= 4 is 0 Å². The maximum Gasteiger partial charge on any atom is 0.127 e. The first-order chi connectivity index (χ1) is 9.83.